The highest BCUT2D eigenvalue weighted by atomic mass is 16.4. The molecule has 1 aliphatic heterocycles. The number of carbonyl (C=O) groups excluding carboxylic acids is 1. The van der Waals surface area contributed by atoms with Crippen LogP contribution < -0.4 is 0 Å². The van der Waals surface area contributed by atoms with Gasteiger partial charge in [-0.15, -0.1) is 10.2 Å². The normalized spacial score (nSPS) is 22.1. The molecule has 0 aromatic carbocycles. The molecular formula is C13H20N4O2. The Morgan fingerprint density at radius 2 is 2.16 bits per heavy atom. The number of rotatable bonds is 4. The lowest BCUT2D eigenvalue weighted by Gasteiger charge is -2.45. The zero-order valence-electron chi connectivity index (χ0n) is 11.7. The molecule has 0 unspecified atom stereocenters. The molecule has 6 nitrogen and oxygen atoms in total. The van der Waals surface area contributed by atoms with Gasteiger partial charge in [-0.05, 0) is 19.8 Å². The maximum Gasteiger partial charge on any atom is 0.236 e. The van der Waals surface area contributed by atoms with Crippen LogP contribution >= 0.6 is 0 Å². The average molecular weight is 264 g/mol. The second kappa shape index (κ2) is 4.30. The summed E-state index contributed by atoms with van der Waals surface area (Å²) in [6.45, 7) is 6.00. The van der Waals surface area contributed by atoms with Crippen molar-refractivity contribution in [1.29, 1.82) is 0 Å². The predicted molar refractivity (Wildman–Crippen MR) is 68.6 cm³/mol. The maximum absolute atomic E-state index is 12.0. The van der Waals surface area contributed by atoms with E-state index in [0.29, 0.717) is 24.4 Å². The van der Waals surface area contributed by atoms with Crippen LogP contribution in [0.25, 0.3) is 0 Å². The first kappa shape index (κ1) is 12.6. The van der Waals surface area contributed by atoms with Crippen molar-refractivity contribution in [3.63, 3.8) is 0 Å². The van der Waals surface area contributed by atoms with Crippen LogP contribution in [0.4, 0.5) is 0 Å². The van der Waals surface area contributed by atoms with Gasteiger partial charge in [-0.3, -0.25) is 9.69 Å². The fourth-order valence-electron chi connectivity index (χ4n) is 2.70. The van der Waals surface area contributed by atoms with E-state index >= 15 is 0 Å². The Morgan fingerprint density at radius 1 is 1.47 bits per heavy atom. The molecule has 2 aliphatic rings. The molecule has 3 rings (SSSR count). The molecule has 2 fully saturated rings. The lowest BCUT2D eigenvalue weighted by molar-refractivity contribution is -0.133. The number of amides is 1. The van der Waals surface area contributed by atoms with Crippen molar-refractivity contribution in [3.05, 3.63) is 11.8 Å². The Labute approximate surface area is 112 Å². The minimum atomic E-state index is -0.0975. The van der Waals surface area contributed by atoms with Crippen LogP contribution in [-0.4, -0.2) is 58.6 Å². The fraction of sp³-hybridized carbons (Fsp3) is 0.769. The third kappa shape index (κ3) is 2.36. The van der Waals surface area contributed by atoms with Gasteiger partial charge in [0.15, 0.2) is 0 Å². The van der Waals surface area contributed by atoms with E-state index in [1.165, 1.54) is 0 Å². The number of hydrogen-bond acceptors (Lipinski definition) is 5. The molecule has 0 spiro atoms. The Bertz CT molecular complexity index is 489. The van der Waals surface area contributed by atoms with E-state index in [4.69, 9.17) is 4.42 Å². The van der Waals surface area contributed by atoms with Crippen molar-refractivity contribution >= 4 is 5.91 Å². The summed E-state index contributed by atoms with van der Waals surface area (Å²) in [7, 11) is 1.90. The second-order valence-electron chi connectivity index (χ2n) is 6.07. The molecule has 1 saturated heterocycles. The van der Waals surface area contributed by atoms with E-state index in [2.05, 4.69) is 22.0 Å². The number of hydrogen-bond donors (Lipinski definition) is 0. The fourth-order valence-corrected chi connectivity index (χ4v) is 2.70. The quantitative estimate of drug-likeness (QED) is 0.795. The number of likely N-dealkylation sites (N-methyl/N-ethyl adjacent to an activating group) is 1. The van der Waals surface area contributed by atoms with Crippen molar-refractivity contribution < 1.29 is 9.21 Å². The van der Waals surface area contributed by atoms with Gasteiger partial charge >= 0.3 is 0 Å². The monoisotopic (exact) mass is 264 g/mol. The highest BCUT2D eigenvalue weighted by Gasteiger charge is 2.45. The molecule has 0 bridgehead atoms. The van der Waals surface area contributed by atoms with Gasteiger partial charge in [-0.1, -0.05) is 0 Å². The second-order valence-corrected chi connectivity index (χ2v) is 6.07. The molecule has 1 aromatic heterocycles. The summed E-state index contributed by atoms with van der Waals surface area (Å²) in [6.07, 6.45) is 2.31. The minimum Gasteiger partial charge on any atom is -0.425 e. The molecule has 1 amide bonds. The Morgan fingerprint density at radius 3 is 2.68 bits per heavy atom. The standard InChI is InChI=1S/C13H20N4O2/c1-9-14-15-12(19-9)13(2)7-17(8-13)6-11(18)16(3)10-4-5-10/h10H,4-8H2,1-3H3. The minimum absolute atomic E-state index is 0.0975. The summed E-state index contributed by atoms with van der Waals surface area (Å²) in [5, 5.41) is 7.96. The van der Waals surface area contributed by atoms with E-state index in [1.54, 1.807) is 6.92 Å². The summed E-state index contributed by atoms with van der Waals surface area (Å²) < 4.78 is 5.50. The molecule has 0 atom stereocenters. The molecule has 2 heterocycles. The van der Waals surface area contributed by atoms with Gasteiger partial charge in [0.1, 0.15) is 0 Å². The largest absolute Gasteiger partial charge is 0.425 e. The molecule has 1 saturated carbocycles. The van der Waals surface area contributed by atoms with Gasteiger partial charge in [-0.2, -0.15) is 0 Å². The van der Waals surface area contributed by atoms with Gasteiger partial charge in [0, 0.05) is 33.1 Å². The van der Waals surface area contributed by atoms with E-state index in [-0.39, 0.29) is 11.3 Å². The SMILES string of the molecule is Cc1nnc(C2(C)CN(CC(=O)N(C)C3CC3)C2)o1. The van der Waals surface area contributed by atoms with E-state index < -0.39 is 0 Å². The number of carbonyl (C=O) groups is 1. The summed E-state index contributed by atoms with van der Waals surface area (Å²) in [4.78, 5) is 16.0. The van der Waals surface area contributed by atoms with Crippen LogP contribution in [0, 0.1) is 6.92 Å². The highest BCUT2D eigenvalue weighted by molar-refractivity contribution is 5.78. The summed E-state index contributed by atoms with van der Waals surface area (Å²) >= 11 is 0. The molecule has 1 aliphatic carbocycles. The maximum atomic E-state index is 12.0. The van der Waals surface area contributed by atoms with Gasteiger partial charge < -0.3 is 9.32 Å². The van der Waals surface area contributed by atoms with Gasteiger partial charge in [0.2, 0.25) is 17.7 Å². The lowest BCUT2D eigenvalue weighted by atomic mass is 9.82. The van der Waals surface area contributed by atoms with Crippen molar-refractivity contribution in [2.75, 3.05) is 26.7 Å². The Balaban J connectivity index is 1.53. The van der Waals surface area contributed by atoms with E-state index in [0.717, 1.165) is 25.9 Å². The lowest BCUT2D eigenvalue weighted by Crippen LogP contribution is -2.60. The molecule has 19 heavy (non-hydrogen) atoms. The van der Waals surface area contributed by atoms with Crippen LogP contribution in [0.5, 0.6) is 0 Å². The van der Waals surface area contributed by atoms with Crippen LogP contribution in [0.3, 0.4) is 0 Å². The van der Waals surface area contributed by atoms with Gasteiger partial charge in [0.05, 0.1) is 12.0 Å². The van der Waals surface area contributed by atoms with Gasteiger partial charge in [0.25, 0.3) is 0 Å². The van der Waals surface area contributed by atoms with E-state index in [9.17, 15) is 4.79 Å². The smallest absolute Gasteiger partial charge is 0.236 e. The third-order valence-electron chi connectivity index (χ3n) is 4.03. The molecule has 104 valence electrons. The van der Waals surface area contributed by atoms with Crippen molar-refractivity contribution in [3.8, 4) is 0 Å². The van der Waals surface area contributed by atoms with Crippen molar-refractivity contribution in [1.82, 2.24) is 20.0 Å². The molecular weight excluding hydrogens is 244 g/mol. The molecule has 0 radical (unpaired) electrons. The molecule has 1 aromatic rings. The predicted octanol–water partition coefficient (Wildman–Crippen LogP) is 0.572. The molecule has 6 heteroatoms. The number of aromatic nitrogens is 2. The number of nitrogens with zero attached hydrogens (tertiary/aromatic N) is 4. The van der Waals surface area contributed by atoms with Crippen molar-refractivity contribution in [2.45, 2.75) is 38.1 Å². The van der Waals surface area contributed by atoms with Crippen molar-refractivity contribution in [2.24, 2.45) is 0 Å². The number of likely N-dealkylation sites (tertiary alicyclic amines) is 1. The topological polar surface area (TPSA) is 62.5 Å². The van der Waals surface area contributed by atoms with Crippen LogP contribution in [0.15, 0.2) is 4.42 Å². The average Bonchev–Trinajstić information content (AvgIpc) is 3.08. The van der Waals surface area contributed by atoms with E-state index in [1.807, 2.05) is 11.9 Å². The summed E-state index contributed by atoms with van der Waals surface area (Å²) in [6, 6.07) is 0.485. The first-order chi connectivity index (χ1) is 8.98. The van der Waals surface area contributed by atoms with Crippen LogP contribution in [0.2, 0.25) is 0 Å². The first-order valence-corrected chi connectivity index (χ1v) is 6.76. The zero-order valence-corrected chi connectivity index (χ0v) is 11.7. The van der Waals surface area contributed by atoms with Gasteiger partial charge in [-0.25, -0.2) is 0 Å². The summed E-state index contributed by atoms with van der Waals surface area (Å²) in [5.74, 6) is 1.50. The zero-order chi connectivity index (χ0) is 13.6. The third-order valence-corrected chi connectivity index (χ3v) is 4.03. The Kier molecular flexibility index (Phi) is 2.85. The molecule has 0 N–H and O–H groups in total. The Hall–Kier alpha value is -1.43. The highest BCUT2D eigenvalue weighted by Crippen LogP contribution is 2.33. The first-order valence-electron chi connectivity index (χ1n) is 6.76. The summed E-state index contributed by atoms with van der Waals surface area (Å²) in [5.41, 5.74) is -0.0975. The van der Waals surface area contributed by atoms with Crippen LogP contribution in [0.1, 0.15) is 31.5 Å². The number of aryl methyl sites for hydroxylation is 1. The van der Waals surface area contributed by atoms with Crippen LogP contribution in [-0.2, 0) is 10.2 Å².